The molecule has 2 N–H and O–H groups in total. The van der Waals surface area contributed by atoms with E-state index in [0.29, 0.717) is 22.4 Å². The molecule has 0 atom stereocenters. The van der Waals surface area contributed by atoms with Crippen LogP contribution in [0.1, 0.15) is 31.1 Å². The lowest BCUT2D eigenvalue weighted by Crippen LogP contribution is -2.42. The first-order chi connectivity index (χ1) is 14.7. The summed E-state index contributed by atoms with van der Waals surface area (Å²) in [7, 11) is -3.89. The molecular formula is C20H19F3N4O4S. The smallest absolute Gasteiger partial charge is 0.406 e. The zero-order valence-electron chi connectivity index (χ0n) is 17.2. The average Bonchev–Trinajstić information content (AvgIpc) is 2.67. The standard InChI is InChI=1S/C20H19F3N4O4S/c1-19(2,3)32(29,30)27-18(28)12-4-9-15-16(10-12)24-11-25-17(15)26-13-5-7-14(8-6-13)31-20(21,22)23/h4-11H,1-3H3,(H,27,28)(H,24,25,26). The van der Waals surface area contributed by atoms with E-state index in [-0.39, 0.29) is 11.3 Å². The first-order valence-electron chi connectivity index (χ1n) is 9.19. The lowest BCUT2D eigenvalue weighted by molar-refractivity contribution is -0.274. The van der Waals surface area contributed by atoms with Gasteiger partial charge in [0, 0.05) is 16.6 Å². The molecule has 0 spiro atoms. The molecule has 170 valence electrons. The molecule has 0 aliphatic carbocycles. The summed E-state index contributed by atoms with van der Waals surface area (Å²) < 4.78 is 66.0. The monoisotopic (exact) mass is 468 g/mol. The maximum atomic E-state index is 12.4. The van der Waals surface area contributed by atoms with E-state index >= 15 is 0 Å². The number of carbonyl (C=O) groups is 1. The molecule has 0 bridgehead atoms. The Kier molecular flexibility index (Phi) is 6.00. The van der Waals surface area contributed by atoms with Crippen LogP contribution in [0.5, 0.6) is 5.75 Å². The molecule has 3 aromatic rings. The van der Waals surface area contributed by atoms with Gasteiger partial charge in [0.2, 0.25) is 10.0 Å². The normalized spacial score (nSPS) is 12.4. The second-order valence-corrected chi connectivity index (χ2v) is 10.1. The maximum Gasteiger partial charge on any atom is 0.573 e. The fourth-order valence-corrected chi connectivity index (χ4v) is 3.18. The topological polar surface area (TPSA) is 110 Å². The van der Waals surface area contributed by atoms with E-state index in [9.17, 15) is 26.4 Å². The van der Waals surface area contributed by atoms with Crippen molar-refractivity contribution in [1.29, 1.82) is 0 Å². The number of sulfonamides is 1. The van der Waals surface area contributed by atoms with E-state index in [1.165, 1.54) is 57.4 Å². The van der Waals surface area contributed by atoms with Crippen molar-refractivity contribution in [2.75, 3.05) is 5.32 Å². The second-order valence-electron chi connectivity index (χ2n) is 7.70. The Bertz CT molecular complexity index is 1250. The van der Waals surface area contributed by atoms with E-state index in [1.54, 1.807) is 0 Å². The fraction of sp³-hybridized carbons (Fsp3) is 0.250. The molecule has 1 amide bonds. The van der Waals surface area contributed by atoms with Crippen LogP contribution < -0.4 is 14.8 Å². The number of benzene rings is 2. The van der Waals surface area contributed by atoms with Gasteiger partial charge in [-0.1, -0.05) is 0 Å². The number of nitrogens with one attached hydrogen (secondary N) is 2. The van der Waals surface area contributed by atoms with Crippen molar-refractivity contribution in [2.24, 2.45) is 0 Å². The van der Waals surface area contributed by atoms with E-state index in [2.05, 4.69) is 20.0 Å². The number of hydrogen-bond donors (Lipinski definition) is 2. The molecule has 1 aromatic heterocycles. The summed E-state index contributed by atoms with van der Waals surface area (Å²) >= 11 is 0. The highest BCUT2D eigenvalue weighted by atomic mass is 32.2. The van der Waals surface area contributed by atoms with Crippen molar-refractivity contribution in [2.45, 2.75) is 31.9 Å². The van der Waals surface area contributed by atoms with Crippen LogP contribution in [0.3, 0.4) is 0 Å². The molecule has 0 fully saturated rings. The number of alkyl halides is 3. The number of hydrogen-bond acceptors (Lipinski definition) is 7. The highest BCUT2D eigenvalue weighted by Gasteiger charge is 2.31. The van der Waals surface area contributed by atoms with Gasteiger partial charge in [-0.3, -0.25) is 4.79 Å². The number of anilines is 2. The van der Waals surface area contributed by atoms with Gasteiger partial charge >= 0.3 is 6.36 Å². The number of halogens is 3. The summed E-state index contributed by atoms with van der Waals surface area (Å²) in [5.41, 5.74) is 0.890. The van der Waals surface area contributed by atoms with Gasteiger partial charge in [-0.15, -0.1) is 13.2 Å². The second kappa shape index (κ2) is 8.26. The van der Waals surface area contributed by atoms with Crippen LogP contribution in [0.4, 0.5) is 24.7 Å². The summed E-state index contributed by atoms with van der Waals surface area (Å²) in [6.45, 7) is 4.40. The number of fused-ring (bicyclic) bond motifs is 1. The molecule has 0 aliphatic rings. The minimum atomic E-state index is -4.78. The molecule has 0 saturated carbocycles. The van der Waals surface area contributed by atoms with E-state index in [4.69, 9.17) is 0 Å². The summed E-state index contributed by atoms with van der Waals surface area (Å²) in [6, 6.07) is 9.44. The van der Waals surface area contributed by atoms with Gasteiger partial charge in [0.1, 0.15) is 17.9 Å². The molecule has 3 rings (SSSR count). The fourth-order valence-electron chi connectivity index (χ4n) is 2.51. The highest BCUT2D eigenvalue weighted by Crippen LogP contribution is 2.27. The Hall–Kier alpha value is -3.41. The van der Waals surface area contributed by atoms with Gasteiger partial charge in [-0.2, -0.15) is 0 Å². The number of rotatable bonds is 5. The molecule has 8 nitrogen and oxygen atoms in total. The first kappa shape index (κ1) is 23.3. The van der Waals surface area contributed by atoms with Crippen LogP contribution in [0.25, 0.3) is 10.9 Å². The average molecular weight is 468 g/mol. The lowest BCUT2D eigenvalue weighted by atomic mass is 10.1. The molecule has 0 aliphatic heterocycles. The summed E-state index contributed by atoms with van der Waals surface area (Å²) in [5.74, 6) is -0.819. The zero-order chi connectivity index (χ0) is 23.7. The summed E-state index contributed by atoms with van der Waals surface area (Å²) in [4.78, 5) is 20.6. The van der Waals surface area contributed by atoms with Crippen LogP contribution in [0, 0.1) is 0 Å². The van der Waals surface area contributed by atoms with Gasteiger partial charge in [-0.05, 0) is 63.2 Å². The number of carbonyl (C=O) groups excluding carboxylic acids is 1. The molecule has 0 unspecified atom stereocenters. The highest BCUT2D eigenvalue weighted by molar-refractivity contribution is 7.91. The Labute approximate surface area is 181 Å². The van der Waals surface area contributed by atoms with Crippen LogP contribution in [0.2, 0.25) is 0 Å². The van der Waals surface area contributed by atoms with E-state index in [1.807, 2.05) is 4.72 Å². The molecule has 1 heterocycles. The van der Waals surface area contributed by atoms with Crippen molar-refractivity contribution in [3.8, 4) is 5.75 Å². The molecule has 12 heteroatoms. The third-order valence-corrected chi connectivity index (χ3v) is 6.35. The first-order valence-corrected chi connectivity index (χ1v) is 10.7. The number of aromatic nitrogens is 2. The van der Waals surface area contributed by atoms with Gasteiger partial charge in [0.25, 0.3) is 5.91 Å². The van der Waals surface area contributed by atoms with Crippen LogP contribution in [-0.2, 0) is 10.0 Å². The number of ether oxygens (including phenoxy) is 1. The van der Waals surface area contributed by atoms with Crippen molar-refractivity contribution in [1.82, 2.24) is 14.7 Å². The Balaban J connectivity index is 1.83. The Morgan fingerprint density at radius 1 is 1.00 bits per heavy atom. The third-order valence-electron chi connectivity index (χ3n) is 4.28. The molecule has 2 aromatic carbocycles. The summed E-state index contributed by atoms with van der Waals surface area (Å²) in [6.07, 6.45) is -3.55. The predicted molar refractivity (Wildman–Crippen MR) is 112 cm³/mol. The van der Waals surface area contributed by atoms with E-state index in [0.717, 1.165) is 12.1 Å². The van der Waals surface area contributed by atoms with Crippen LogP contribution in [0.15, 0.2) is 48.8 Å². The van der Waals surface area contributed by atoms with Crippen molar-refractivity contribution in [3.05, 3.63) is 54.4 Å². The van der Waals surface area contributed by atoms with Crippen molar-refractivity contribution < 1.29 is 31.1 Å². The van der Waals surface area contributed by atoms with Gasteiger partial charge in [0.15, 0.2) is 0 Å². The Morgan fingerprint density at radius 3 is 2.25 bits per heavy atom. The minimum absolute atomic E-state index is 0.0867. The van der Waals surface area contributed by atoms with Crippen molar-refractivity contribution in [3.63, 3.8) is 0 Å². The minimum Gasteiger partial charge on any atom is -0.406 e. The third kappa shape index (κ3) is 5.44. The lowest BCUT2D eigenvalue weighted by Gasteiger charge is -2.19. The number of amides is 1. The predicted octanol–water partition coefficient (Wildman–Crippen LogP) is 4.13. The molecule has 0 saturated heterocycles. The molecule has 32 heavy (non-hydrogen) atoms. The van der Waals surface area contributed by atoms with Gasteiger partial charge < -0.3 is 10.1 Å². The van der Waals surface area contributed by atoms with Crippen LogP contribution in [-0.4, -0.2) is 35.4 Å². The molecular weight excluding hydrogens is 449 g/mol. The number of nitrogens with zero attached hydrogens (tertiary/aromatic N) is 2. The largest absolute Gasteiger partial charge is 0.573 e. The van der Waals surface area contributed by atoms with E-state index < -0.39 is 27.0 Å². The van der Waals surface area contributed by atoms with Crippen LogP contribution >= 0.6 is 0 Å². The quantitative estimate of drug-likeness (QED) is 0.579. The SMILES string of the molecule is CC(C)(C)S(=O)(=O)NC(=O)c1ccc2c(Nc3ccc(OC(F)(F)F)cc3)ncnc2c1. The Morgan fingerprint density at radius 2 is 1.66 bits per heavy atom. The zero-order valence-corrected chi connectivity index (χ0v) is 18.0. The van der Waals surface area contributed by atoms with Gasteiger partial charge in [-0.25, -0.2) is 23.1 Å². The summed E-state index contributed by atoms with van der Waals surface area (Å²) in [5, 5.41) is 3.47. The van der Waals surface area contributed by atoms with Crippen molar-refractivity contribution >= 4 is 38.3 Å². The molecule has 0 radical (unpaired) electrons. The maximum absolute atomic E-state index is 12.4. The van der Waals surface area contributed by atoms with Gasteiger partial charge in [0.05, 0.1) is 10.3 Å².